The number of rotatable bonds is 8. The molecule has 1 aliphatic carbocycles. The Morgan fingerprint density at radius 2 is 2.00 bits per heavy atom. The predicted octanol–water partition coefficient (Wildman–Crippen LogP) is 2.91. The van der Waals surface area contributed by atoms with Crippen molar-refractivity contribution in [3.63, 3.8) is 0 Å². The zero-order valence-corrected chi connectivity index (χ0v) is 11.4. The lowest BCUT2D eigenvalue weighted by molar-refractivity contribution is 0.0618. The molecule has 1 saturated carbocycles. The summed E-state index contributed by atoms with van der Waals surface area (Å²) in [5, 5.41) is 0. The van der Waals surface area contributed by atoms with Crippen LogP contribution in [0.25, 0.3) is 0 Å². The van der Waals surface area contributed by atoms with Crippen molar-refractivity contribution in [2.75, 3.05) is 31.3 Å². The van der Waals surface area contributed by atoms with Crippen LogP contribution in [-0.2, 0) is 4.74 Å². The van der Waals surface area contributed by atoms with Crippen molar-refractivity contribution in [1.82, 2.24) is 0 Å². The molecule has 0 aromatic rings. The fraction of sp³-hybridized carbons (Fsp3) is 1.00. The van der Waals surface area contributed by atoms with Crippen molar-refractivity contribution in [3.8, 4) is 0 Å². The van der Waals surface area contributed by atoms with Crippen LogP contribution in [0.4, 0.5) is 0 Å². The van der Waals surface area contributed by atoms with Crippen LogP contribution in [0.5, 0.6) is 0 Å². The van der Waals surface area contributed by atoms with Crippen LogP contribution in [0, 0.1) is 11.8 Å². The van der Waals surface area contributed by atoms with E-state index in [1.54, 1.807) is 0 Å². The van der Waals surface area contributed by atoms with E-state index in [-0.39, 0.29) is 0 Å². The molecule has 96 valence electrons. The summed E-state index contributed by atoms with van der Waals surface area (Å²) in [5.41, 5.74) is 5.80. The maximum Gasteiger partial charge on any atom is 0.0497 e. The van der Waals surface area contributed by atoms with Crippen LogP contribution in [0.1, 0.15) is 39.0 Å². The maximum absolute atomic E-state index is 5.80. The molecule has 16 heavy (non-hydrogen) atoms. The summed E-state index contributed by atoms with van der Waals surface area (Å²) in [4.78, 5) is 0. The monoisotopic (exact) mass is 245 g/mol. The van der Waals surface area contributed by atoms with E-state index in [2.05, 4.69) is 6.92 Å². The molecule has 0 bridgehead atoms. The Kier molecular flexibility index (Phi) is 8.34. The van der Waals surface area contributed by atoms with Crippen LogP contribution < -0.4 is 5.73 Å². The number of thioether (sulfide) groups is 1. The first kappa shape index (κ1) is 14.3. The minimum absolute atomic E-state index is 0.721. The summed E-state index contributed by atoms with van der Waals surface area (Å²) >= 11 is 2.00. The Bertz CT molecular complexity index is 166. The largest absolute Gasteiger partial charge is 0.381 e. The van der Waals surface area contributed by atoms with Crippen LogP contribution in [0.15, 0.2) is 0 Å². The average Bonchev–Trinajstić information content (AvgIpc) is 2.34. The van der Waals surface area contributed by atoms with E-state index in [0.717, 1.165) is 31.6 Å². The minimum atomic E-state index is 0.721. The second-order valence-corrected chi connectivity index (χ2v) is 6.06. The van der Waals surface area contributed by atoms with Gasteiger partial charge < -0.3 is 10.5 Å². The van der Waals surface area contributed by atoms with Gasteiger partial charge in [-0.1, -0.05) is 19.8 Å². The zero-order valence-electron chi connectivity index (χ0n) is 10.6. The lowest BCUT2D eigenvalue weighted by atomic mass is 9.80. The summed E-state index contributed by atoms with van der Waals surface area (Å²) < 4.78 is 5.78. The minimum Gasteiger partial charge on any atom is -0.381 e. The molecule has 0 heterocycles. The predicted molar refractivity (Wildman–Crippen MR) is 72.9 cm³/mol. The fourth-order valence-corrected chi connectivity index (χ4v) is 3.07. The third-order valence-electron chi connectivity index (χ3n) is 3.48. The molecule has 3 heteroatoms. The summed E-state index contributed by atoms with van der Waals surface area (Å²) in [6.45, 7) is 4.93. The molecule has 0 aliphatic heterocycles. The first-order chi connectivity index (χ1) is 7.88. The first-order valence-corrected chi connectivity index (χ1v) is 7.89. The quantitative estimate of drug-likeness (QED) is 0.668. The molecule has 0 saturated heterocycles. The van der Waals surface area contributed by atoms with E-state index in [0.29, 0.717) is 0 Å². The standard InChI is InChI=1S/C13H27NOS/c1-2-16-9-5-8-15-11-13-7-4-3-6-12(13)10-14/h12-13H,2-11,14H2,1H3. The highest BCUT2D eigenvalue weighted by molar-refractivity contribution is 7.99. The average molecular weight is 245 g/mol. The molecule has 0 amide bonds. The fourth-order valence-electron chi connectivity index (χ4n) is 2.46. The van der Waals surface area contributed by atoms with Crippen molar-refractivity contribution in [3.05, 3.63) is 0 Å². The highest BCUT2D eigenvalue weighted by Gasteiger charge is 2.23. The molecule has 0 spiro atoms. The summed E-state index contributed by atoms with van der Waals surface area (Å²) in [6.07, 6.45) is 6.57. The van der Waals surface area contributed by atoms with Crippen molar-refractivity contribution >= 4 is 11.8 Å². The van der Waals surface area contributed by atoms with Gasteiger partial charge in [-0.15, -0.1) is 0 Å². The molecule has 0 radical (unpaired) electrons. The van der Waals surface area contributed by atoms with Crippen LogP contribution >= 0.6 is 11.8 Å². The molecular formula is C13H27NOS. The van der Waals surface area contributed by atoms with Gasteiger partial charge in [-0.3, -0.25) is 0 Å². The highest BCUT2D eigenvalue weighted by Crippen LogP contribution is 2.29. The van der Waals surface area contributed by atoms with Crippen molar-refractivity contribution < 1.29 is 4.74 Å². The molecule has 1 aliphatic rings. The molecule has 1 fully saturated rings. The molecule has 1 rings (SSSR count). The third kappa shape index (κ3) is 5.55. The van der Waals surface area contributed by atoms with E-state index in [4.69, 9.17) is 10.5 Å². The van der Waals surface area contributed by atoms with E-state index in [9.17, 15) is 0 Å². The normalized spacial score (nSPS) is 25.9. The van der Waals surface area contributed by atoms with Gasteiger partial charge in [-0.2, -0.15) is 11.8 Å². The van der Waals surface area contributed by atoms with Crippen molar-refractivity contribution in [2.45, 2.75) is 39.0 Å². The van der Waals surface area contributed by atoms with Gasteiger partial charge in [0.25, 0.3) is 0 Å². The Labute approximate surface area is 105 Å². The third-order valence-corrected chi connectivity index (χ3v) is 4.47. The topological polar surface area (TPSA) is 35.2 Å². The number of nitrogens with two attached hydrogens (primary N) is 1. The summed E-state index contributed by atoms with van der Waals surface area (Å²) in [6, 6.07) is 0. The van der Waals surface area contributed by atoms with Crippen LogP contribution in [0.3, 0.4) is 0 Å². The van der Waals surface area contributed by atoms with Crippen LogP contribution in [-0.4, -0.2) is 31.3 Å². The van der Waals surface area contributed by atoms with Gasteiger partial charge in [-0.25, -0.2) is 0 Å². The van der Waals surface area contributed by atoms with E-state index >= 15 is 0 Å². The zero-order chi connectivity index (χ0) is 11.6. The van der Waals surface area contributed by atoms with Crippen LogP contribution in [0.2, 0.25) is 0 Å². The van der Waals surface area contributed by atoms with Gasteiger partial charge >= 0.3 is 0 Å². The van der Waals surface area contributed by atoms with Crippen molar-refractivity contribution in [2.24, 2.45) is 17.6 Å². The second-order valence-electron chi connectivity index (χ2n) is 4.67. The van der Waals surface area contributed by atoms with Gasteiger partial charge in [0, 0.05) is 13.2 Å². The molecule has 2 unspecified atom stereocenters. The van der Waals surface area contributed by atoms with E-state index in [1.165, 1.54) is 43.6 Å². The number of hydrogen-bond donors (Lipinski definition) is 1. The Morgan fingerprint density at radius 1 is 1.25 bits per heavy atom. The lowest BCUT2D eigenvalue weighted by Crippen LogP contribution is -2.30. The van der Waals surface area contributed by atoms with Gasteiger partial charge in [0.15, 0.2) is 0 Å². The Balaban J connectivity index is 2.02. The molecule has 0 aromatic carbocycles. The lowest BCUT2D eigenvalue weighted by Gasteiger charge is -2.30. The number of ether oxygens (including phenoxy) is 1. The van der Waals surface area contributed by atoms with E-state index in [1.807, 2.05) is 11.8 Å². The molecule has 0 aromatic heterocycles. The smallest absolute Gasteiger partial charge is 0.0497 e. The summed E-state index contributed by atoms with van der Waals surface area (Å²) in [7, 11) is 0. The first-order valence-electron chi connectivity index (χ1n) is 6.74. The Morgan fingerprint density at radius 3 is 2.69 bits per heavy atom. The Hall–Kier alpha value is 0.270. The van der Waals surface area contributed by atoms with Crippen molar-refractivity contribution in [1.29, 1.82) is 0 Å². The van der Waals surface area contributed by atoms with Gasteiger partial charge in [-0.05, 0) is 49.1 Å². The van der Waals surface area contributed by atoms with Gasteiger partial charge in [0.2, 0.25) is 0 Å². The maximum atomic E-state index is 5.80. The molecular weight excluding hydrogens is 218 g/mol. The molecule has 2 N–H and O–H groups in total. The molecule has 2 nitrogen and oxygen atoms in total. The second kappa shape index (κ2) is 9.32. The van der Waals surface area contributed by atoms with E-state index < -0.39 is 0 Å². The highest BCUT2D eigenvalue weighted by atomic mass is 32.2. The number of hydrogen-bond acceptors (Lipinski definition) is 3. The van der Waals surface area contributed by atoms with Gasteiger partial charge in [0.1, 0.15) is 0 Å². The van der Waals surface area contributed by atoms with Gasteiger partial charge in [0.05, 0.1) is 0 Å². The SMILES string of the molecule is CCSCCCOCC1CCCCC1CN. The summed E-state index contributed by atoms with van der Waals surface area (Å²) in [5.74, 6) is 3.91. The molecule has 2 atom stereocenters.